The Hall–Kier alpha value is -2.01. The Labute approximate surface area is 124 Å². The largest absolute Gasteiger partial charge is 0.497 e. The fourth-order valence-corrected chi connectivity index (χ4v) is 2.68. The van der Waals surface area contributed by atoms with E-state index in [4.69, 9.17) is 9.47 Å². The smallest absolute Gasteiger partial charge is 0.124 e. The Kier molecular flexibility index (Phi) is 4.10. The van der Waals surface area contributed by atoms with Crippen LogP contribution in [0.1, 0.15) is 23.7 Å². The van der Waals surface area contributed by atoms with Gasteiger partial charge in [0, 0.05) is 44.2 Å². The number of benzene rings is 1. The molecular weight excluding hydrogens is 266 g/mol. The number of hydrogen-bond acceptors (Lipinski definition) is 4. The molecule has 0 fully saturated rings. The van der Waals surface area contributed by atoms with Crippen molar-refractivity contribution in [3.63, 3.8) is 0 Å². The Balaban J connectivity index is 1.64. The van der Waals surface area contributed by atoms with Crippen molar-refractivity contribution in [1.82, 2.24) is 15.1 Å². The fraction of sp³-hybridized carbons (Fsp3) is 0.438. The lowest BCUT2D eigenvalue weighted by atomic mass is 10.00. The van der Waals surface area contributed by atoms with Crippen LogP contribution >= 0.6 is 0 Å². The number of aryl methyl sites for hydroxylation is 1. The molecule has 0 amide bonds. The maximum absolute atomic E-state index is 5.71. The van der Waals surface area contributed by atoms with Gasteiger partial charge in [-0.1, -0.05) is 0 Å². The summed E-state index contributed by atoms with van der Waals surface area (Å²) in [5, 5.41) is 8.00. The zero-order valence-electron chi connectivity index (χ0n) is 12.5. The molecule has 0 bridgehead atoms. The summed E-state index contributed by atoms with van der Waals surface area (Å²) < 4.78 is 12.9. The van der Waals surface area contributed by atoms with Gasteiger partial charge in [0.05, 0.1) is 19.4 Å². The van der Waals surface area contributed by atoms with E-state index in [1.807, 2.05) is 30.1 Å². The number of ether oxygens (including phenoxy) is 2. The van der Waals surface area contributed by atoms with E-state index in [1.54, 1.807) is 7.11 Å². The van der Waals surface area contributed by atoms with Crippen LogP contribution in [0.15, 0.2) is 30.5 Å². The predicted molar refractivity (Wildman–Crippen MR) is 80.8 cm³/mol. The van der Waals surface area contributed by atoms with Crippen molar-refractivity contribution in [2.75, 3.05) is 20.3 Å². The van der Waals surface area contributed by atoms with Crippen LogP contribution in [0.3, 0.4) is 0 Å². The van der Waals surface area contributed by atoms with E-state index in [0.717, 1.165) is 43.2 Å². The summed E-state index contributed by atoms with van der Waals surface area (Å²) in [6.07, 6.45) is 3.88. The van der Waals surface area contributed by atoms with Crippen molar-refractivity contribution in [3.05, 3.63) is 41.7 Å². The molecule has 1 aromatic heterocycles. The standard InChI is InChI=1S/C16H21N3O2/c1-19-9-6-12(18-19)5-8-17-15-7-10-21-16-4-3-13(20-2)11-14(15)16/h3-4,6,9,11,15,17H,5,7-8,10H2,1-2H3. The van der Waals surface area contributed by atoms with Crippen molar-refractivity contribution >= 4 is 0 Å². The fourth-order valence-electron chi connectivity index (χ4n) is 2.68. The third-order valence-corrected chi connectivity index (χ3v) is 3.80. The third-order valence-electron chi connectivity index (χ3n) is 3.80. The Morgan fingerprint density at radius 1 is 1.43 bits per heavy atom. The first-order valence-corrected chi connectivity index (χ1v) is 7.29. The van der Waals surface area contributed by atoms with Gasteiger partial charge in [-0.2, -0.15) is 5.10 Å². The molecule has 3 rings (SSSR count). The van der Waals surface area contributed by atoms with Gasteiger partial charge in [-0.25, -0.2) is 0 Å². The molecule has 1 aliphatic heterocycles. The molecule has 0 aliphatic carbocycles. The molecule has 0 radical (unpaired) electrons. The summed E-state index contributed by atoms with van der Waals surface area (Å²) in [5.74, 6) is 1.83. The van der Waals surface area contributed by atoms with Gasteiger partial charge >= 0.3 is 0 Å². The van der Waals surface area contributed by atoms with Gasteiger partial charge in [0.25, 0.3) is 0 Å². The van der Waals surface area contributed by atoms with Gasteiger partial charge in [-0.05, 0) is 24.3 Å². The molecule has 1 unspecified atom stereocenters. The van der Waals surface area contributed by atoms with Gasteiger partial charge in [0.15, 0.2) is 0 Å². The highest BCUT2D eigenvalue weighted by Crippen LogP contribution is 2.34. The number of fused-ring (bicyclic) bond motifs is 1. The topological polar surface area (TPSA) is 48.3 Å². The predicted octanol–water partition coefficient (Wildman–Crippen LogP) is 2.08. The Morgan fingerprint density at radius 2 is 2.33 bits per heavy atom. The molecule has 2 aromatic rings. The normalized spacial score (nSPS) is 17.1. The molecular formula is C16H21N3O2. The summed E-state index contributed by atoms with van der Waals surface area (Å²) in [6, 6.07) is 8.36. The van der Waals surface area contributed by atoms with Crippen molar-refractivity contribution in [2.24, 2.45) is 7.05 Å². The van der Waals surface area contributed by atoms with E-state index in [0.29, 0.717) is 6.04 Å². The van der Waals surface area contributed by atoms with Gasteiger partial charge in [-0.15, -0.1) is 0 Å². The SMILES string of the molecule is COc1ccc2c(c1)C(NCCc1ccn(C)n1)CCO2. The summed E-state index contributed by atoms with van der Waals surface area (Å²) in [5.41, 5.74) is 2.30. The molecule has 0 saturated carbocycles. The first-order chi connectivity index (χ1) is 10.3. The van der Waals surface area contributed by atoms with Crippen LogP contribution in [0.5, 0.6) is 11.5 Å². The molecule has 112 valence electrons. The number of aromatic nitrogens is 2. The van der Waals surface area contributed by atoms with Crippen LogP contribution in [-0.2, 0) is 13.5 Å². The second kappa shape index (κ2) is 6.18. The summed E-state index contributed by atoms with van der Waals surface area (Å²) in [6.45, 7) is 1.65. The second-order valence-electron chi connectivity index (χ2n) is 5.28. The van der Waals surface area contributed by atoms with E-state index in [2.05, 4.69) is 22.5 Å². The second-order valence-corrected chi connectivity index (χ2v) is 5.28. The molecule has 0 spiro atoms. The van der Waals surface area contributed by atoms with E-state index in [-0.39, 0.29) is 0 Å². The van der Waals surface area contributed by atoms with E-state index in [9.17, 15) is 0 Å². The molecule has 1 aromatic carbocycles. The van der Waals surface area contributed by atoms with Crippen molar-refractivity contribution in [2.45, 2.75) is 18.9 Å². The molecule has 21 heavy (non-hydrogen) atoms. The molecule has 1 N–H and O–H groups in total. The lowest BCUT2D eigenvalue weighted by molar-refractivity contribution is 0.252. The Bertz CT molecular complexity index is 609. The third kappa shape index (κ3) is 3.19. The van der Waals surface area contributed by atoms with Crippen molar-refractivity contribution in [1.29, 1.82) is 0 Å². The number of methoxy groups -OCH3 is 1. The quantitative estimate of drug-likeness (QED) is 0.915. The Morgan fingerprint density at radius 3 is 3.10 bits per heavy atom. The minimum Gasteiger partial charge on any atom is -0.497 e. The van der Waals surface area contributed by atoms with Gasteiger partial charge in [0.1, 0.15) is 11.5 Å². The summed E-state index contributed by atoms with van der Waals surface area (Å²) >= 11 is 0. The van der Waals surface area contributed by atoms with Crippen LogP contribution < -0.4 is 14.8 Å². The van der Waals surface area contributed by atoms with Crippen LogP contribution in [0.4, 0.5) is 0 Å². The zero-order chi connectivity index (χ0) is 14.7. The highest BCUT2D eigenvalue weighted by molar-refractivity contribution is 5.43. The monoisotopic (exact) mass is 287 g/mol. The summed E-state index contributed by atoms with van der Waals surface area (Å²) in [4.78, 5) is 0. The first kappa shape index (κ1) is 13.9. The number of nitrogens with one attached hydrogen (secondary N) is 1. The van der Waals surface area contributed by atoms with Gasteiger partial charge in [0.2, 0.25) is 0 Å². The molecule has 1 aliphatic rings. The van der Waals surface area contributed by atoms with Crippen LogP contribution in [0.2, 0.25) is 0 Å². The minimum absolute atomic E-state index is 0.313. The maximum atomic E-state index is 5.71. The van der Waals surface area contributed by atoms with Crippen molar-refractivity contribution < 1.29 is 9.47 Å². The minimum atomic E-state index is 0.313. The van der Waals surface area contributed by atoms with Gasteiger partial charge < -0.3 is 14.8 Å². The average molecular weight is 287 g/mol. The van der Waals surface area contributed by atoms with Crippen molar-refractivity contribution in [3.8, 4) is 11.5 Å². The number of rotatable bonds is 5. The highest BCUT2D eigenvalue weighted by atomic mass is 16.5. The zero-order valence-corrected chi connectivity index (χ0v) is 12.5. The van der Waals surface area contributed by atoms with E-state index in [1.165, 1.54) is 5.56 Å². The summed E-state index contributed by atoms with van der Waals surface area (Å²) in [7, 11) is 3.63. The highest BCUT2D eigenvalue weighted by Gasteiger charge is 2.21. The molecule has 0 saturated heterocycles. The number of nitrogens with zero attached hydrogens (tertiary/aromatic N) is 2. The van der Waals surface area contributed by atoms with Crippen LogP contribution in [-0.4, -0.2) is 30.0 Å². The first-order valence-electron chi connectivity index (χ1n) is 7.29. The molecule has 1 atom stereocenters. The molecule has 5 heteroatoms. The average Bonchev–Trinajstić information content (AvgIpc) is 2.92. The molecule has 2 heterocycles. The van der Waals surface area contributed by atoms with E-state index >= 15 is 0 Å². The molecule has 5 nitrogen and oxygen atoms in total. The lowest BCUT2D eigenvalue weighted by Gasteiger charge is -2.27. The lowest BCUT2D eigenvalue weighted by Crippen LogP contribution is -2.28. The maximum Gasteiger partial charge on any atom is 0.124 e. The van der Waals surface area contributed by atoms with Gasteiger partial charge in [-0.3, -0.25) is 4.68 Å². The number of hydrogen-bond donors (Lipinski definition) is 1. The van der Waals surface area contributed by atoms with Crippen LogP contribution in [0, 0.1) is 0 Å². The van der Waals surface area contributed by atoms with Crippen LogP contribution in [0.25, 0.3) is 0 Å². The van der Waals surface area contributed by atoms with E-state index < -0.39 is 0 Å².